The van der Waals surface area contributed by atoms with Crippen LogP contribution >= 0.6 is 0 Å². The quantitative estimate of drug-likeness (QED) is 0.647. The molecule has 0 aromatic rings. The molecule has 0 spiro atoms. The van der Waals surface area contributed by atoms with Crippen LogP contribution in [0.2, 0.25) is 0 Å². The van der Waals surface area contributed by atoms with Gasteiger partial charge >= 0.3 is 0 Å². The van der Waals surface area contributed by atoms with Gasteiger partial charge in [0.2, 0.25) is 0 Å². The first-order chi connectivity index (χ1) is 5.79. The fourth-order valence-corrected chi connectivity index (χ4v) is 2.26. The lowest BCUT2D eigenvalue weighted by Crippen LogP contribution is -2.47. The van der Waals surface area contributed by atoms with Crippen molar-refractivity contribution >= 4 is 0 Å². The second-order valence-corrected chi connectivity index (χ2v) is 5.44. The zero-order valence-electron chi connectivity index (χ0n) is 10.5. The Hall–Kier alpha value is -0.0400. The van der Waals surface area contributed by atoms with E-state index in [0.29, 0.717) is 11.6 Å². The standard InChI is InChI=1S/C12H27N/c1-8-13(12(5,6)7)11(4)9-10(2)3/h10-11H,8-9H2,1-7H3. The summed E-state index contributed by atoms with van der Waals surface area (Å²) in [7, 11) is 0. The maximum absolute atomic E-state index is 2.58. The van der Waals surface area contributed by atoms with Gasteiger partial charge in [0.1, 0.15) is 0 Å². The van der Waals surface area contributed by atoms with E-state index in [1.165, 1.54) is 6.42 Å². The SMILES string of the molecule is CCN(C(C)CC(C)C)C(C)(C)C. The first-order valence-electron chi connectivity index (χ1n) is 5.55. The van der Waals surface area contributed by atoms with Gasteiger partial charge in [-0.05, 0) is 46.6 Å². The molecule has 1 atom stereocenters. The third-order valence-electron chi connectivity index (χ3n) is 2.55. The van der Waals surface area contributed by atoms with Crippen LogP contribution in [0.5, 0.6) is 0 Å². The van der Waals surface area contributed by atoms with E-state index in [1.807, 2.05) is 0 Å². The summed E-state index contributed by atoms with van der Waals surface area (Å²) in [6, 6.07) is 0.699. The summed E-state index contributed by atoms with van der Waals surface area (Å²) in [5.74, 6) is 0.798. The topological polar surface area (TPSA) is 3.24 Å². The van der Waals surface area contributed by atoms with Crippen LogP contribution in [0.3, 0.4) is 0 Å². The lowest BCUT2D eigenvalue weighted by molar-refractivity contribution is 0.0858. The van der Waals surface area contributed by atoms with Crippen LogP contribution in [0.15, 0.2) is 0 Å². The third-order valence-corrected chi connectivity index (χ3v) is 2.55. The van der Waals surface area contributed by atoms with Gasteiger partial charge in [0.25, 0.3) is 0 Å². The summed E-state index contributed by atoms with van der Waals surface area (Å²) < 4.78 is 0. The van der Waals surface area contributed by atoms with Crippen molar-refractivity contribution in [3.05, 3.63) is 0 Å². The highest BCUT2D eigenvalue weighted by Gasteiger charge is 2.24. The number of hydrogen-bond donors (Lipinski definition) is 0. The van der Waals surface area contributed by atoms with E-state index in [1.54, 1.807) is 0 Å². The molecule has 1 heteroatoms. The van der Waals surface area contributed by atoms with Gasteiger partial charge < -0.3 is 0 Å². The summed E-state index contributed by atoms with van der Waals surface area (Å²) in [6.07, 6.45) is 1.30. The molecule has 1 unspecified atom stereocenters. The van der Waals surface area contributed by atoms with E-state index in [4.69, 9.17) is 0 Å². The van der Waals surface area contributed by atoms with E-state index in [0.717, 1.165) is 12.5 Å². The van der Waals surface area contributed by atoms with E-state index >= 15 is 0 Å². The molecule has 0 rings (SSSR count). The molecule has 0 amide bonds. The minimum absolute atomic E-state index is 0.309. The fraction of sp³-hybridized carbons (Fsp3) is 1.00. The van der Waals surface area contributed by atoms with Crippen LogP contribution in [0.25, 0.3) is 0 Å². The molecule has 0 aromatic carbocycles. The molecule has 1 nitrogen and oxygen atoms in total. The first kappa shape index (κ1) is 13.0. The summed E-state index contributed by atoms with van der Waals surface area (Å²) in [4.78, 5) is 2.58. The Balaban J connectivity index is 4.24. The van der Waals surface area contributed by atoms with Gasteiger partial charge in [-0.15, -0.1) is 0 Å². The van der Waals surface area contributed by atoms with Gasteiger partial charge in [0, 0.05) is 11.6 Å². The molecule has 0 aliphatic rings. The van der Waals surface area contributed by atoms with E-state index in [-0.39, 0.29) is 0 Å². The van der Waals surface area contributed by atoms with Crippen LogP contribution in [0.1, 0.15) is 54.9 Å². The second kappa shape index (κ2) is 4.99. The van der Waals surface area contributed by atoms with Crippen LogP contribution in [-0.2, 0) is 0 Å². The van der Waals surface area contributed by atoms with Gasteiger partial charge in [-0.2, -0.15) is 0 Å². The number of nitrogens with zero attached hydrogens (tertiary/aromatic N) is 1. The smallest absolute Gasteiger partial charge is 0.0127 e. The summed E-state index contributed by atoms with van der Waals surface area (Å²) in [5, 5.41) is 0. The summed E-state index contributed by atoms with van der Waals surface area (Å²) in [5.41, 5.74) is 0.309. The van der Waals surface area contributed by atoms with Crippen LogP contribution < -0.4 is 0 Å². The van der Waals surface area contributed by atoms with Crippen molar-refractivity contribution in [1.29, 1.82) is 0 Å². The van der Waals surface area contributed by atoms with Crippen LogP contribution in [0.4, 0.5) is 0 Å². The van der Waals surface area contributed by atoms with Crippen molar-refractivity contribution in [1.82, 2.24) is 4.90 Å². The molecular formula is C12H27N. The van der Waals surface area contributed by atoms with Gasteiger partial charge in [-0.1, -0.05) is 20.8 Å². The molecule has 0 heterocycles. The number of rotatable bonds is 4. The zero-order chi connectivity index (χ0) is 10.6. The Bertz CT molecular complexity index is 133. The lowest BCUT2D eigenvalue weighted by Gasteiger charge is -2.40. The molecule has 80 valence electrons. The highest BCUT2D eigenvalue weighted by atomic mass is 15.2. The average molecular weight is 185 g/mol. The van der Waals surface area contributed by atoms with Crippen molar-refractivity contribution in [3.63, 3.8) is 0 Å². The molecule has 0 saturated carbocycles. The Morgan fingerprint density at radius 2 is 1.54 bits per heavy atom. The molecule has 0 radical (unpaired) electrons. The molecular weight excluding hydrogens is 158 g/mol. The minimum Gasteiger partial charge on any atom is -0.296 e. The van der Waals surface area contributed by atoms with E-state index < -0.39 is 0 Å². The second-order valence-electron chi connectivity index (χ2n) is 5.44. The highest BCUT2D eigenvalue weighted by Crippen LogP contribution is 2.20. The zero-order valence-corrected chi connectivity index (χ0v) is 10.5. The summed E-state index contributed by atoms with van der Waals surface area (Å²) >= 11 is 0. The van der Waals surface area contributed by atoms with Gasteiger partial charge in [0.15, 0.2) is 0 Å². The fourth-order valence-electron chi connectivity index (χ4n) is 2.26. The molecule has 0 bridgehead atoms. The molecule has 0 aromatic heterocycles. The van der Waals surface area contributed by atoms with Crippen molar-refractivity contribution in [2.45, 2.75) is 66.5 Å². The maximum atomic E-state index is 2.58. The van der Waals surface area contributed by atoms with Crippen LogP contribution in [0, 0.1) is 5.92 Å². The Morgan fingerprint density at radius 1 is 1.08 bits per heavy atom. The first-order valence-corrected chi connectivity index (χ1v) is 5.55. The average Bonchev–Trinajstić information content (AvgIpc) is 1.82. The molecule has 0 aliphatic heterocycles. The number of hydrogen-bond acceptors (Lipinski definition) is 1. The molecule has 0 N–H and O–H groups in total. The molecule has 0 fully saturated rings. The van der Waals surface area contributed by atoms with Crippen molar-refractivity contribution in [2.75, 3.05) is 6.54 Å². The van der Waals surface area contributed by atoms with E-state index in [2.05, 4.69) is 53.4 Å². The summed E-state index contributed by atoms with van der Waals surface area (Å²) in [6.45, 7) is 17.2. The molecule has 13 heavy (non-hydrogen) atoms. The maximum Gasteiger partial charge on any atom is 0.0127 e. The Morgan fingerprint density at radius 3 is 1.77 bits per heavy atom. The van der Waals surface area contributed by atoms with Crippen molar-refractivity contribution in [2.24, 2.45) is 5.92 Å². The third kappa shape index (κ3) is 4.66. The largest absolute Gasteiger partial charge is 0.296 e. The highest BCUT2D eigenvalue weighted by molar-refractivity contribution is 4.80. The lowest BCUT2D eigenvalue weighted by atomic mass is 9.98. The normalized spacial score (nSPS) is 15.5. The van der Waals surface area contributed by atoms with Gasteiger partial charge in [-0.3, -0.25) is 4.90 Å². The Labute approximate surface area is 84.5 Å². The van der Waals surface area contributed by atoms with Crippen molar-refractivity contribution < 1.29 is 0 Å². The molecule has 0 aliphatic carbocycles. The van der Waals surface area contributed by atoms with Crippen molar-refractivity contribution in [3.8, 4) is 0 Å². The van der Waals surface area contributed by atoms with E-state index in [9.17, 15) is 0 Å². The van der Waals surface area contributed by atoms with Crippen LogP contribution in [-0.4, -0.2) is 23.0 Å². The van der Waals surface area contributed by atoms with Gasteiger partial charge in [-0.25, -0.2) is 0 Å². The predicted molar refractivity (Wildman–Crippen MR) is 61.1 cm³/mol. The van der Waals surface area contributed by atoms with Gasteiger partial charge in [0.05, 0.1) is 0 Å². The predicted octanol–water partition coefficient (Wildman–Crippen LogP) is 3.54. The Kier molecular flexibility index (Phi) is 4.98. The molecule has 0 saturated heterocycles. The monoisotopic (exact) mass is 185 g/mol. The minimum atomic E-state index is 0.309.